The van der Waals surface area contributed by atoms with Crippen LogP contribution in [0, 0.1) is 5.92 Å². The smallest absolute Gasteiger partial charge is 0.0986 e. The molecule has 1 saturated heterocycles. The monoisotopic (exact) mass is 200 g/mol. The molecule has 1 fully saturated rings. The Labute approximate surface area is 87.8 Å². The van der Waals surface area contributed by atoms with Crippen LogP contribution in [0.5, 0.6) is 0 Å². The number of hydrogen-bond donors (Lipinski definition) is 1. The molecule has 0 bridgehead atoms. The van der Waals surface area contributed by atoms with Crippen LogP contribution < -0.4 is 5.32 Å². The summed E-state index contributed by atoms with van der Waals surface area (Å²) in [4.78, 5) is 2.40. The SMILES string of the molecule is COCN1CCCC(CNC(C)C)C1. The van der Waals surface area contributed by atoms with E-state index in [9.17, 15) is 0 Å². The minimum absolute atomic E-state index is 0.604. The summed E-state index contributed by atoms with van der Waals surface area (Å²) in [5.41, 5.74) is 0. The average Bonchev–Trinajstić information content (AvgIpc) is 2.16. The number of rotatable bonds is 5. The Morgan fingerprint density at radius 2 is 2.29 bits per heavy atom. The van der Waals surface area contributed by atoms with E-state index in [4.69, 9.17) is 4.74 Å². The quantitative estimate of drug-likeness (QED) is 0.724. The van der Waals surface area contributed by atoms with Gasteiger partial charge in [-0.3, -0.25) is 4.90 Å². The van der Waals surface area contributed by atoms with E-state index in [0.717, 1.165) is 19.2 Å². The van der Waals surface area contributed by atoms with E-state index in [2.05, 4.69) is 24.1 Å². The molecule has 0 saturated carbocycles. The lowest BCUT2D eigenvalue weighted by molar-refractivity contribution is 0.0340. The van der Waals surface area contributed by atoms with Gasteiger partial charge in [0.15, 0.2) is 0 Å². The fourth-order valence-corrected chi connectivity index (χ4v) is 2.02. The Morgan fingerprint density at radius 1 is 1.50 bits per heavy atom. The van der Waals surface area contributed by atoms with Crippen molar-refractivity contribution >= 4 is 0 Å². The fourth-order valence-electron chi connectivity index (χ4n) is 2.02. The fraction of sp³-hybridized carbons (Fsp3) is 1.00. The van der Waals surface area contributed by atoms with Gasteiger partial charge < -0.3 is 10.1 Å². The number of hydrogen-bond acceptors (Lipinski definition) is 3. The van der Waals surface area contributed by atoms with E-state index >= 15 is 0 Å². The lowest BCUT2D eigenvalue weighted by atomic mass is 9.98. The van der Waals surface area contributed by atoms with Crippen molar-refractivity contribution in [1.29, 1.82) is 0 Å². The highest BCUT2D eigenvalue weighted by molar-refractivity contribution is 4.73. The Balaban J connectivity index is 2.18. The zero-order valence-corrected chi connectivity index (χ0v) is 9.75. The van der Waals surface area contributed by atoms with Crippen LogP contribution in [-0.2, 0) is 4.74 Å². The molecular formula is C11H24N2O. The summed E-state index contributed by atoms with van der Waals surface area (Å²) < 4.78 is 5.16. The molecule has 3 heteroatoms. The van der Waals surface area contributed by atoms with Crippen molar-refractivity contribution in [1.82, 2.24) is 10.2 Å². The molecule has 1 heterocycles. The van der Waals surface area contributed by atoms with E-state index in [1.165, 1.54) is 25.9 Å². The minimum atomic E-state index is 0.604. The van der Waals surface area contributed by atoms with Crippen molar-refractivity contribution in [3.63, 3.8) is 0 Å². The van der Waals surface area contributed by atoms with Gasteiger partial charge in [-0.1, -0.05) is 13.8 Å². The summed E-state index contributed by atoms with van der Waals surface area (Å²) in [7, 11) is 1.77. The summed E-state index contributed by atoms with van der Waals surface area (Å²) in [6, 6.07) is 0.604. The molecule has 1 atom stereocenters. The third kappa shape index (κ3) is 4.40. The maximum Gasteiger partial charge on any atom is 0.0986 e. The van der Waals surface area contributed by atoms with Crippen LogP contribution in [0.4, 0.5) is 0 Å². The van der Waals surface area contributed by atoms with Gasteiger partial charge in [0, 0.05) is 26.2 Å². The van der Waals surface area contributed by atoms with Gasteiger partial charge in [0.25, 0.3) is 0 Å². The highest BCUT2D eigenvalue weighted by Gasteiger charge is 2.19. The van der Waals surface area contributed by atoms with Gasteiger partial charge in [-0.25, -0.2) is 0 Å². The predicted molar refractivity (Wildman–Crippen MR) is 59.3 cm³/mol. The zero-order valence-electron chi connectivity index (χ0n) is 9.75. The third-order valence-corrected chi connectivity index (χ3v) is 2.73. The van der Waals surface area contributed by atoms with Gasteiger partial charge in [-0.15, -0.1) is 0 Å². The average molecular weight is 200 g/mol. The van der Waals surface area contributed by atoms with Crippen LogP contribution in [-0.4, -0.2) is 44.4 Å². The standard InChI is InChI=1S/C11H24N2O/c1-10(2)12-7-11-5-4-6-13(8-11)9-14-3/h10-12H,4-9H2,1-3H3. The molecule has 1 aliphatic rings. The van der Waals surface area contributed by atoms with Crippen LogP contribution in [0.3, 0.4) is 0 Å². The van der Waals surface area contributed by atoms with Gasteiger partial charge >= 0.3 is 0 Å². The molecule has 0 aromatic rings. The molecule has 0 aromatic heterocycles. The Morgan fingerprint density at radius 3 is 2.93 bits per heavy atom. The largest absolute Gasteiger partial charge is 0.369 e. The first-order valence-corrected chi connectivity index (χ1v) is 5.67. The topological polar surface area (TPSA) is 24.5 Å². The number of nitrogens with one attached hydrogen (secondary N) is 1. The maximum absolute atomic E-state index is 5.16. The Kier molecular flexibility index (Phi) is 5.45. The lowest BCUT2D eigenvalue weighted by Crippen LogP contribution is -2.41. The number of piperidine rings is 1. The highest BCUT2D eigenvalue weighted by atomic mass is 16.5. The first-order valence-electron chi connectivity index (χ1n) is 5.67. The molecule has 3 nitrogen and oxygen atoms in total. The summed E-state index contributed by atoms with van der Waals surface area (Å²) in [6.45, 7) is 8.74. The van der Waals surface area contributed by atoms with Crippen molar-refractivity contribution in [2.45, 2.75) is 32.7 Å². The second-order valence-corrected chi connectivity index (χ2v) is 4.57. The minimum Gasteiger partial charge on any atom is -0.369 e. The molecule has 0 aromatic carbocycles. The van der Waals surface area contributed by atoms with Crippen molar-refractivity contribution in [2.24, 2.45) is 5.92 Å². The molecule has 1 aliphatic heterocycles. The molecule has 0 amide bonds. The highest BCUT2D eigenvalue weighted by Crippen LogP contribution is 2.15. The van der Waals surface area contributed by atoms with Crippen LogP contribution in [0.15, 0.2) is 0 Å². The number of ether oxygens (including phenoxy) is 1. The van der Waals surface area contributed by atoms with Crippen molar-refractivity contribution in [2.75, 3.05) is 33.5 Å². The normalized spacial score (nSPS) is 24.4. The number of nitrogens with zero attached hydrogens (tertiary/aromatic N) is 1. The molecular weight excluding hydrogens is 176 g/mol. The second-order valence-electron chi connectivity index (χ2n) is 4.57. The summed E-state index contributed by atoms with van der Waals surface area (Å²) >= 11 is 0. The number of likely N-dealkylation sites (tertiary alicyclic amines) is 1. The van der Waals surface area contributed by atoms with E-state index in [1.807, 2.05) is 0 Å². The second kappa shape index (κ2) is 6.38. The van der Waals surface area contributed by atoms with Crippen LogP contribution in [0.1, 0.15) is 26.7 Å². The van der Waals surface area contributed by atoms with Gasteiger partial charge in [0.2, 0.25) is 0 Å². The Hall–Kier alpha value is -0.120. The van der Waals surface area contributed by atoms with E-state index in [-0.39, 0.29) is 0 Å². The molecule has 1 N–H and O–H groups in total. The molecule has 1 unspecified atom stereocenters. The zero-order chi connectivity index (χ0) is 10.4. The summed E-state index contributed by atoms with van der Waals surface area (Å²) in [6.07, 6.45) is 2.67. The van der Waals surface area contributed by atoms with Gasteiger partial charge in [-0.05, 0) is 25.3 Å². The van der Waals surface area contributed by atoms with Gasteiger partial charge in [-0.2, -0.15) is 0 Å². The molecule has 0 aliphatic carbocycles. The molecule has 0 radical (unpaired) electrons. The van der Waals surface area contributed by atoms with Crippen molar-refractivity contribution in [3.05, 3.63) is 0 Å². The van der Waals surface area contributed by atoms with Gasteiger partial charge in [0.1, 0.15) is 0 Å². The Bertz CT molecular complexity index is 148. The van der Waals surface area contributed by atoms with Crippen LogP contribution in [0.25, 0.3) is 0 Å². The molecule has 0 spiro atoms. The molecule has 14 heavy (non-hydrogen) atoms. The van der Waals surface area contributed by atoms with Crippen LogP contribution in [0.2, 0.25) is 0 Å². The molecule has 1 rings (SSSR count). The van der Waals surface area contributed by atoms with E-state index < -0.39 is 0 Å². The lowest BCUT2D eigenvalue weighted by Gasteiger charge is -2.32. The van der Waals surface area contributed by atoms with Crippen molar-refractivity contribution < 1.29 is 4.74 Å². The van der Waals surface area contributed by atoms with E-state index in [1.54, 1.807) is 7.11 Å². The third-order valence-electron chi connectivity index (χ3n) is 2.73. The first kappa shape index (κ1) is 12.0. The summed E-state index contributed by atoms with van der Waals surface area (Å²) in [5, 5.41) is 3.51. The summed E-state index contributed by atoms with van der Waals surface area (Å²) in [5.74, 6) is 0.807. The van der Waals surface area contributed by atoms with E-state index in [0.29, 0.717) is 6.04 Å². The molecule has 84 valence electrons. The predicted octanol–water partition coefficient (Wildman–Crippen LogP) is 1.30. The van der Waals surface area contributed by atoms with Crippen LogP contribution >= 0.6 is 0 Å². The van der Waals surface area contributed by atoms with Crippen molar-refractivity contribution in [3.8, 4) is 0 Å². The van der Waals surface area contributed by atoms with Gasteiger partial charge in [0.05, 0.1) is 6.73 Å². The number of methoxy groups -OCH3 is 1. The maximum atomic E-state index is 5.16. The first-order chi connectivity index (χ1) is 6.72.